The third-order valence-electron chi connectivity index (χ3n) is 6.37. The van der Waals surface area contributed by atoms with E-state index < -0.39 is 16.1 Å². The van der Waals surface area contributed by atoms with Crippen molar-refractivity contribution in [1.29, 1.82) is 0 Å². The van der Waals surface area contributed by atoms with Gasteiger partial charge in [-0.1, -0.05) is 0 Å². The number of carbonyl (C=O) groups is 2. The van der Waals surface area contributed by atoms with Gasteiger partial charge in [0.25, 0.3) is 0 Å². The minimum Gasteiger partial charge on any atom is -0.344 e. The molecule has 3 rings (SSSR count). The summed E-state index contributed by atoms with van der Waals surface area (Å²) in [5.74, 6) is -0.215. The van der Waals surface area contributed by atoms with Crippen LogP contribution < -0.4 is 5.32 Å². The summed E-state index contributed by atoms with van der Waals surface area (Å²) in [6, 6.07) is -0.470. The number of benzene rings is 1. The third-order valence-corrected chi connectivity index (χ3v) is 8.55. The SMILES string of the molecule is Cc1c(C)c(C)c(S(=O)(=O)N2CCN(C(=O)[C@@H]3CCC(=O)N3)CC2)c(C)c1C. The number of hydrogen-bond donors (Lipinski definition) is 1. The topological polar surface area (TPSA) is 86.8 Å². The maximum Gasteiger partial charge on any atom is 0.245 e. The Balaban J connectivity index is 1.79. The molecular formula is C20H29N3O4S. The van der Waals surface area contributed by atoms with Crippen molar-refractivity contribution in [3.63, 3.8) is 0 Å². The van der Waals surface area contributed by atoms with E-state index in [0.29, 0.717) is 30.8 Å². The van der Waals surface area contributed by atoms with E-state index >= 15 is 0 Å². The molecular weight excluding hydrogens is 378 g/mol. The number of amides is 2. The maximum atomic E-state index is 13.4. The Labute approximate surface area is 167 Å². The predicted octanol–water partition coefficient (Wildman–Crippen LogP) is 1.34. The first-order valence-corrected chi connectivity index (χ1v) is 11.1. The van der Waals surface area contributed by atoms with Crippen LogP contribution in [-0.2, 0) is 19.6 Å². The summed E-state index contributed by atoms with van der Waals surface area (Å²) in [5, 5.41) is 2.69. The molecule has 2 heterocycles. The molecule has 0 radical (unpaired) electrons. The first-order valence-electron chi connectivity index (χ1n) is 9.71. The van der Waals surface area contributed by atoms with Crippen LogP contribution in [0.2, 0.25) is 0 Å². The molecule has 1 aromatic carbocycles. The van der Waals surface area contributed by atoms with Crippen LogP contribution in [0, 0.1) is 34.6 Å². The number of piperazine rings is 1. The maximum absolute atomic E-state index is 13.4. The van der Waals surface area contributed by atoms with Crippen molar-refractivity contribution in [3.05, 3.63) is 27.8 Å². The second-order valence-electron chi connectivity index (χ2n) is 7.84. The predicted molar refractivity (Wildman–Crippen MR) is 107 cm³/mol. The molecule has 2 amide bonds. The highest BCUT2D eigenvalue weighted by atomic mass is 32.2. The average molecular weight is 408 g/mol. The minimum absolute atomic E-state index is 0.101. The Morgan fingerprint density at radius 2 is 1.39 bits per heavy atom. The third kappa shape index (κ3) is 3.43. The summed E-state index contributed by atoms with van der Waals surface area (Å²) < 4.78 is 28.3. The van der Waals surface area contributed by atoms with Crippen molar-refractivity contribution in [2.75, 3.05) is 26.2 Å². The normalized spacial score (nSPS) is 21.1. The van der Waals surface area contributed by atoms with Gasteiger partial charge in [-0.15, -0.1) is 0 Å². The van der Waals surface area contributed by atoms with Gasteiger partial charge in [0.15, 0.2) is 0 Å². The van der Waals surface area contributed by atoms with Crippen molar-refractivity contribution in [3.8, 4) is 0 Å². The molecule has 7 nitrogen and oxygen atoms in total. The summed E-state index contributed by atoms with van der Waals surface area (Å²) in [4.78, 5) is 26.0. The van der Waals surface area contributed by atoms with E-state index in [1.807, 2.05) is 34.6 Å². The second-order valence-corrected chi connectivity index (χ2v) is 9.72. The minimum atomic E-state index is -3.64. The number of nitrogens with one attached hydrogen (secondary N) is 1. The summed E-state index contributed by atoms with van der Waals surface area (Å²) in [7, 11) is -3.64. The van der Waals surface area contributed by atoms with Gasteiger partial charge >= 0.3 is 0 Å². The van der Waals surface area contributed by atoms with E-state index in [9.17, 15) is 18.0 Å². The molecule has 2 aliphatic rings. The van der Waals surface area contributed by atoms with Crippen LogP contribution in [0.3, 0.4) is 0 Å². The van der Waals surface area contributed by atoms with Gasteiger partial charge in [0.2, 0.25) is 21.8 Å². The molecule has 0 spiro atoms. The Morgan fingerprint density at radius 1 is 0.893 bits per heavy atom. The number of hydrogen-bond acceptors (Lipinski definition) is 4. The van der Waals surface area contributed by atoms with E-state index in [1.165, 1.54) is 4.31 Å². The zero-order valence-corrected chi connectivity index (χ0v) is 18.1. The molecule has 28 heavy (non-hydrogen) atoms. The van der Waals surface area contributed by atoms with E-state index in [-0.39, 0.29) is 24.9 Å². The van der Waals surface area contributed by atoms with Gasteiger partial charge in [0.1, 0.15) is 6.04 Å². The highest BCUT2D eigenvalue weighted by molar-refractivity contribution is 7.89. The zero-order chi connectivity index (χ0) is 20.8. The number of carbonyl (C=O) groups excluding carboxylic acids is 2. The second kappa shape index (κ2) is 7.48. The molecule has 1 N–H and O–H groups in total. The van der Waals surface area contributed by atoms with Crippen molar-refractivity contribution in [2.24, 2.45) is 0 Å². The molecule has 0 aliphatic carbocycles. The first kappa shape index (κ1) is 20.8. The average Bonchev–Trinajstić information content (AvgIpc) is 3.10. The van der Waals surface area contributed by atoms with Crippen molar-refractivity contribution in [1.82, 2.24) is 14.5 Å². The highest BCUT2D eigenvalue weighted by Crippen LogP contribution is 2.32. The Morgan fingerprint density at radius 3 is 1.86 bits per heavy atom. The van der Waals surface area contributed by atoms with Crippen LogP contribution in [0.1, 0.15) is 40.7 Å². The Kier molecular flexibility index (Phi) is 5.55. The fourth-order valence-electron chi connectivity index (χ4n) is 4.15. The Bertz CT molecular complexity index is 902. The standard InChI is InChI=1S/C20H29N3O4S/c1-12-13(2)15(4)19(16(5)14(12)3)28(26,27)23-10-8-22(9-11-23)20(25)17-6-7-18(24)21-17/h17H,6-11H2,1-5H3,(H,21,24)/t17-/m0/s1. The molecule has 0 unspecified atom stereocenters. The lowest BCUT2D eigenvalue weighted by Gasteiger charge is -2.36. The van der Waals surface area contributed by atoms with Crippen molar-refractivity contribution in [2.45, 2.75) is 58.4 Å². The number of sulfonamides is 1. The molecule has 8 heteroatoms. The largest absolute Gasteiger partial charge is 0.344 e. The van der Waals surface area contributed by atoms with Gasteiger partial charge < -0.3 is 10.2 Å². The van der Waals surface area contributed by atoms with Gasteiger partial charge in [-0.25, -0.2) is 8.42 Å². The molecule has 0 saturated carbocycles. The van der Waals surface area contributed by atoms with Crippen LogP contribution in [0.4, 0.5) is 0 Å². The number of nitrogens with zero attached hydrogens (tertiary/aromatic N) is 2. The molecule has 2 fully saturated rings. The number of rotatable bonds is 3. The van der Waals surface area contributed by atoms with Crippen molar-refractivity contribution >= 4 is 21.8 Å². The summed E-state index contributed by atoms with van der Waals surface area (Å²) in [6.07, 6.45) is 0.881. The smallest absolute Gasteiger partial charge is 0.245 e. The van der Waals surface area contributed by atoms with E-state index in [2.05, 4.69) is 5.32 Å². The molecule has 0 bridgehead atoms. The fourth-order valence-corrected chi connectivity index (χ4v) is 6.13. The fraction of sp³-hybridized carbons (Fsp3) is 0.600. The molecule has 2 aliphatic heterocycles. The van der Waals surface area contributed by atoms with Gasteiger partial charge in [-0.2, -0.15) is 4.31 Å². The van der Waals surface area contributed by atoms with Gasteiger partial charge in [0, 0.05) is 32.6 Å². The van der Waals surface area contributed by atoms with Gasteiger partial charge in [0.05, 0.1) is 4.90 Å². The van der Waals surface area contributed by atoms with Crippen molar-refractivity contribution < 1.29 is 18.0 Å². The monoisotopic (exact) mass is 407 g/mol. The molecule has 2 saturated heterocycles. The van der Waals surface area contributed by atoms with Crippen LogP contribution in [-0.4, -0.2) is 61.7 Å². The van der Waals surface area contributed by atoms with Gasteiger partial charge in [-0.3, -0.25) is 9.59 Å². The van der Waals surface area contributed by atoms with Crippen LogP contribution in [0.25, 0.3) is 0 Å². The lowest BCUT2D eigenvalue weighted by molar-refractivity contribution is -0.135. The first-order chi connectivity index (χ1) is 13.1. The summed E-state index contributed by atoms with van der Waals surface area (Å²) >= 11 is 0. The van der Waals surface area contributed by atoms with E-state index in [0.717, 1.165) is 27.8 Å². The van der Waals surface area contributed by atoms with Crippen LogP contribution in [0.5, 0.6) is 0 Å². The molecule has 0 aromatic heterocycles. The van der Waals surface area contributed by atoms with E-state index in [1.54, 1.807) is 4.90 Å². The highest BCUT2D eigenvalue weighted by Gasteiger charge is 2.36. The molecule has 1 atom stereocenters. The van der Waals surface area contributed by atoms with E-state index in [4.69, 9.17) is 0 Å². The molecule has 1 aromatic rings. The van der Waals surface area contributed by atoms with Crippen LogP contribution >= 0.6 is 0 Å². The summed E-state index contributed by atoms with van der Waals surface area (Å²) in [6.45, 7) is 10.9. The van der Waals surface area contributed by atoms with Gasteiger partial charge in [-0.05, 0) is 68.9 Å². The summed E-state index contributed by atoms with van der Waals surface area (Å²) in [5.41, 5.74) is 4.74. The van der Waals surface area contributed by atoms with Crippen LogP contribution in [0.15, 0.2) is 4.90 Å². The Hall–Kier alpha value is -1.93. The zero-order valence-electron chi connectivity index (χ0n) is 17.3. The quantitative estimate of drug-likeness (QED) is 0.819. The lowest BCUT2D eigenvalue weighted by Crippen LogP contribution is -2.54. The lowest BCUT2D eigenvalue weighted by atomic mass is 9.95. The molecule has 154 valence electrons.